The number of hydrogen-bond donors (Lipinski definition) is 3. The Hall–Kier alpha value is -2.42. The maximum atomic E-state index is 12.1. The van der Waals surface area contributed by atoms with E-state index in [0.717, 1.165) is 9.13 Å². The lowest BCUT2D eigenvalue weighted by atomic mass is 10.2. The minimum atomic E-state index is -0.288. The first-order chi connectivity index (χ1) is 12.0. The van der Waals surface area contributed by atoms with Crippen LogP contribution in [0.5, 0.6) is 0 Å². The van der Waals surface area contributed by atoms with Gasteiger partial charge in [0.05, 0.1) is 12.1 Å². The van der Waals surface area contributed by atoms with Crippen LogP contribution in [0.1, 0.15) is 22.8 Å². The summed E-state index contributed by atoms with van der Waals surface area (Å²) >= 11 is 2.08. The molecule has 25 heavy (non-hydrogen) atoms. The van der Waals surface area contributed by atoms with Crippen LogP contribution in [0.3, 0.4) is 0 Å². The molecule has 0 fully saturated rings. The van der Waals surface area contributed by atoms with Crippen molar-refractivity contribution in [3.63, 3.8) is 0 Å². The Morgan fingerprint density at radius 3 is 2.48 bits per heavy atom. The highest BCUT2D eigenvalue weighted by Gasteiger charge is 2.10. The van der Waals surface area contributed by atoms with Crippen LogP contribution < -0.4 is 16.0 Å². The van der Waals surface area contributed by atoms with Gasteiger partial charge in [-0.15, -0.1) is 0 Å². The van der Waals surface area contributed by atoms with E-state index in [1.165, 1.54) is 6.92 Å². The predicted molar refractivity (Wildman–Crippen MR) is 104 cm³/mol. The van der Waals surface area contributed by atoms with Crippen molar-refractivity contribution in [1.82, 2.24) is 10.6 Å². The molecule has 7 heteroatoms. The summed E-state index contributed by atoms with van der Waals surface area (Å²) in [6.07, 6.45) is 0. The normalized spacial score (nSPS) is 10.0. The van der Waals surface area contributed by atoms with Crippen molar-refractivity contribution in [1.29, 1.82) is 0 Å². The standard InChI is InChI=1S/C18H18IN3O3/c1-12(23)22-14-6-4-5-13(9-14)10-20-17(24)11-21-18(25)15-7-2-3-8-16(15)19/h2-9H,10-11H2,1H3,(H,20,24)(H,21,25)(H,22,23). The molecule has 3 amide bonds. The zero-order valence-corrected chi connectivity index (χ0v) is 15.8. The smallest absolute Gasteiger partial charge is 0.252 e. The van der Waals surface area contributed by atoms with Gasteiger partial charge in [0, 0.05) is 22.7 Å². The third-order valence-corrected chi connectivity index (χ3v) is 4.21. The van der Waals surface area contributed by atoms with Crippen molar-refractivity contribution in [2.24, 2.45) is 0 Å². The van der Waals surface area contributed by atoms with Crippen LogP contribution in [-0.2, 0) is 16.1 Å². The molecule has 6 nitrogen and oxygen atoms in total. The molecule has 0 aliphatic rings. The fraction of sp³-hybridized carbons (Fsp3) is 0.167. The molecule has 0 bridgehead atoms. The molecular weight excluding hydrogens is 433 g/mol. The SMILES string of the molecule is CC(=O)Nc1cccc(CNC(=O)CNC(=O)c2ccccc2I)c1. The van der Waals surface area contributed by atoms with Crippen LogP contribution in [0.4, 0.5) is 5.69 Å². The summed E-state index contributed by atoms with van der Waals surface area (Å²) in [6, 6.07) is 14.4. The second kappa shape index (κ2) is 9.16. The van der Waals surface area contributed by atoms with Gasteiger partial charge >= 0.3 is 0 Å². The molecule has 0 aliphatic carbocycles. The predicted octanol–water partition coefficient (Wildman–Crippen LogP) is 2.30. The van der Waals surface area contributed by atoms with Crippen molar-refractivity contribution in [3.8, 4) is 0 Å². The molecule has 0 atom stereocenters. The van der Waals surface area contributed by atoms with E-state index in [0.29, 0.717) is 17.8 Å². The van der Waals surface area contributed by atoms with Crippen molar-refractivity contribution in [3.05, 3.63) is 63.2 Å². The molecule has 0 aliphatic heterocycles. The van der Waals surface area contributed by atoms with Gasteiger partial charge in [-0.1, -0.05) is 24.3 Å². The molecule has 0 radical (unpaired) electrons. The van der Waals surface area contributed by atoms with Crippen LogP contribution in [0.15, 0.2) is 48.5 Å². The number of amides is 3. The Labute approximate surface area is 159 Å². The summed E-state index contributed by atoms with van der Waals surface area (Å²) in [5.41, 5.74) is 2.06. The second-order valence-corrected chi connectivity index (χ2v) is 6.48. The number of carbonyl (C=O) groups is 3. The minimum absolute atomic E-state index is 0.102. The monoisotopic (exact) mass is 451 g/mol. The summed E-state index contributed by atoms with van der Waals surface area (Å²) in [7, 11) is 0. The molecule has 2 rings (SSSR count). The maximum Gasteiger partial charge on any atom is 0.252 e. The zero-order valence-electron chi connectivity index (χ0n) is 13.6. The molecule has 0 saturated heterocycles. The number of anilines is 1. The Balaban J connectivity index is 1.82. The summed E-state index contributed by atoms with van der Waals surface area (Å²) < 4.78 is 0.827. The van der Waals surface area contributed by atoms with Gasteiger partial charge in [0.25, 0.3) is 5.91 Å². The molecule has 2 aromatic rings. The van der Waals surface area contributed by atoms with Gasteiger partial charge < -0.3 is 16.0 Å². The number of nitrogens with one attached hydrogen (secondary N) is 3. The molecule has 0 spiro atoms. The lowest BCUT2D eigenvalue weighted by Gasteiger charge is -2.09. The van der Waals surface area contributed by atoms with Crippen LogP contribution in [0.2, 0.25) is 0 Å². The van der Waals surface area contributed by atoms with E-state index < -0.39 is 0 Å². The van der Waals surface area contributed by atoms with Crippen LogP contribution in [0.25, 0.3) is 0 Å². The quantitative estimate of drug-likeness (QED) is 0.590. The number of halogens is 1. The molecule has 0 heterocycles. The van der Waals surface area contributed by atoms with E-state index in [-0.39, 0.29) is 24.3 Å². The Kier molecular flexibility index (Phi) is 6.93. The van der Waals surface area contributed by atoms with Crippen molar-refractivity contribution >= 4 is 46.0 Å². The second-order valence-electron chi connectivity index (χ2n) is 5.32. The topological polar surface area (TPSA) is 87.3 Å². The third-order valence-electron chi connectivity index (χ3n) is 3.27. The van der Waals surface area contributed by atoms with E-state index in [1.807, 2.05) is 18.2 Å². The van der Waals surface area contributed by atoms with Gasteiger partial charge in [-0.25, -0.2) is 0 Å². The highest BCUT2D eigenvalue weighted by Crippen LogP contribution is 2.11. The number of benzene rings is 2. The van der Waals surface area contributed by atoms with Gasteiger partial charge in [-0.3, -0.25) is 14.4 Å². The molecule has 0 unspecified atom stereocenters. The molecule has 130 valence electrons. The summed E-state index contributed by atoms with van der Waals surface area (Å²) in [5, 5.41) is 8.02. The minimum Gasteiger partial charge on any atom is -0.350 e. The average molecular weight is 451 g/mol. The largest absolute Gasteiger partial charge is 0.350 e. The first-order valence-electron chi connectivity index (χ1n) is 7.61. The van der Waals surface area contributed by atoms with E-state index in [9.17, 15) is 14.4 Å². The van der Waals surface area contributed by atoms with Crippen molar-refractivity contribution < 1.29 is 14.4 Å². The summed E-state index contributed by atoms with van der Waals surface area (Å²) in [4.78, 5) is 35.0. The average Bonchev–Trinajstić information content (AvgIpc) is 2.58. The molecule has 2 aromatic carbocycles. The van der Waals surface area contributed by atoms with Crippen molar-refractivity contribution in [2.75, 3.05) is 11.9 Å². The zero-order chi connectivity index (χ0) is 18.2. The van der Waals surface area contributed by atoms with E-state index in [2.05, 4.69) is 38.5 Å². The van der Waals surface area contributed by atoms with Gasteiger partial charge in [-0.2, -0.15) is 0 Å². The molecule has 0 saturated carbocycles. The van der Waals surface area contributed by atoms with E-state index in [1.54, 1.807) is 30.3 Å². The van der Waals surface area contributed by atoms with Crippen molar-refractivity contribution in [2.45, 2.75) is 13.5 Å². The van der Waals surface area contributed by atoms with E-state index >= 15 is 0 Å². The summed E-state index contributed by atoms with van der Waals surface area (Å²) in [6.45, 7) is 1.64. The van der Waals surface area contributed by atoms with Crippen LogP contribution in [-0.4, -0.2) is 24.3 Å². The van der Waals surface area contributed by atoms with Gasteiger partial charge in [-0.05, 0) is 52.4 Å². The van der Waals surface area contributed by atoms with Gasteiger partial charge in [0.1, 0.15) is 0 Å². The number of hydrogen-bond acceptors (Lipinski definition) is 3. The first kappa shape index (κ1) is 18.9. The third kappa shape index (κ3) is 6.18. The highest BCUT2D eigenvalue weighted by atomic mass is 127. The maximum absolute atomic E-state index is 12.1. The van der Waals surface area contributed by atoms with E-state index in [4.69, 9.17) is 0 Å². The molecular formula is C18H18IN3O3. The highest BCUT2D eigenvalue weighted by molar-refractivity contribution is 14.1. The number of carbonyl (C=O) groups excluding carboxylic acids is 3. The number of rotatable bonds is 6. The van der Waals surface area contributed by atoms with Gasteiger partial charge in [0.15, 0.2) is 0 Å². The van der Waals surface area contributed by atoms with Crippen LogP contribution in [0, 0.1) is 3.57 Å². The first-order valence-corrected chi connectivity index (χ1v) is 8.69. The van der Waals surface area contributed by atoms with Crippen LogP contribution >= 0.6 is 22.6 Å². The Morgan fingerprint density at radius 1 is 1.00 bits per heavy atom. The fourth-order valence-electron chi connectivity index (χ4n) is 2.13. The lowest BCUT2D eigenvalue weighted by Crippen LogP contribution is -2.36. The fourth-order valence-corrected chi connectivity index (χ4v) is 2.76. The Bertz CT molecular complexity index is 793. The lowest BCUT2D eigenvalue weighted by molar-refractivity contribution is -0.120. The summed E-state index contributed by atoms with van der Waals surface area (Å²) in [5.74, 6) is -0.725. The van der Waals surface area contributed by atoms with Gasteiger partial charge in [0.2, 0.25) is 11.8 Å². The molecule has 0 aromatic heterocycles. The Morgan fingerprint density at radius 2 is 1.76 bits per heavy atom. The molecule has 3 N–H and O–H groups in total.